The van der Waals surface area contributed by atoms with Gasteiger partial charge in [-0.1, -0.05) is 18.2 Å². The molecule has 90 valence electrons. The van der Waals surface area contributed by atoms with Crippen molar-refractivity contribution in [2.45, 2.75) is 19.3 Å². The summed E-state index contributed by atoms with van der Waals surface area (Å²) in [6.07, 6.45) is 3.93. The quantitative estimate of drug-likeness (QED) is 0.767. The van der Waals surface area contributed by atoms with Crippen LogP contribution in [0.2, 0.25) is 0 Å². The fourth-order valence-corrected chi connectivity index (χ4v) is 2.44. The maximum atomic E-state index is 12.3. The Morgan fingerprint density at radius 2 is 1.83 bits per heavy atom. The molecule has 1 heterocycles. The van der Waals surface area contributed by atoms with Crippen LogP contribution < -0.4 is 0 Å². The smallest absolute Gasteiger partial charge is 0.262 e. The summed E-state index contributed by atoms with van der Waals surface area (Å²) in [7, 11) is 0. The van der Waals surface area contributed by atoms with Crippen molar-refractivity contribution in [1.82, 2.24) is 4.57 Å². The number of carbonyl (C=O) groups is 2. The Labute approximate surface area is 105 Å². The van der Waals surface area contributed by atoms with Crippen LogP contribution in [0, 0.1) is 0 Å². The Hall–Kier alpha value is -2.16. The van der Waals surface area contributed by atoms with Crippen LogP contribution in [0.15, 0.2) is 42.6 Å². The average molecular weight is 239 g/mol. The normalized spacial score (nSPS) is 14.3. The van der Waals surface area contributed by atoms with E-state index < -0.39 is 0 Å². The van der Waals surface area contributed by atoms with Crippen molar-refractivity contribution in [2.24, 2.45) is 0 Å². The van der Waals surface area contributed by atoms with Gasteiger partial charge >= 0.3 is 0 Å². The molecule has 0 saturated heterocycles. The molecule has 1 aromatic carbocycles. The van der Waals surface area contributed by atoms with Crippen LogP contribution in [-0.4, -0.2) is 16.3 Å². The van der Waals surface area contributed by atoms with Gasteiger partial charge < -0.3 is 0 Å². The van der Waals surface area contributed by atoms with Gasteiger partial charge in [0.05, 0.1) is 0 Å². The van der Waals surface area contributed by atoms with Crippen molar-refractivity contribution in [1.29, 1.82) is 0 Å². The summed E-state index contributed by atoms with van der Waals surface area (Å²) in [5.74, 6) is 0.0856. The fraction of sp³-hybridized carbons (Fsp3) is 0.200. The minimum atomic E-state index is -0.0634. The lowest BCUT2D eigenvalue weighted by Crippen LogP contribution is -2.18. The highest BCUT2D eigenvalue weighted by atomic mass is 16.2. The number of hydrogen-bond donors (Lipinski definition) is 0. The molecule has 0 spiro atoms. The van der Waals surface area contributed by atoms with Crippen LogP contribution in [-0.2, 0) is 6.42 Å². The van der Waals surface area contributed by atoms with E-state index in [0.29, 0.717) is 17.5 Å². The van der Waals surface area contributed by atoms with E-state index in [4.69, 9.17) is 0 Å². The van der Waals surface area contributed by atoms with Crippen LogP contribution in [0.4, 0.5) is 0 Å². The number of ketones is 1. The second kappa shape index (κ2) is 4.26. The molecular formula is C15H13NO2. The van der Waals surface area contributed by atoms with Gasteiger partial charge in [-0.05, 0) is 31.0 Å². The Balaban J connectivity index is 2.04. The molecule has 0 amide bonds. The summed E-state index contributed by atoms with van der Waals surface area (Å²) in [5, 5.41) is 0. The second-order valence-corrected chi connectivity index (χ2v) is 4.49. The van der Waals surface area contributed by atoms with Crippen molar-refractivity contribution in [3.63, 3.8) is 0 Å². The first kappa shape index (κ1) is 11.0. The third-order valence-corrected chi connectivity index (χ3v) is 3.35. The molecule has 3 rings (SSSR count). The summed E-state index contributed by atoms with van der Waals surface area (Å²) in [6, 6.07) is 10.9. The molecule has 1 aliphatic carbocycles. The number of rotatable bonds is 1. The highest BCUT2D eigenvalue weighted by Gasteiger charge is 2.23. The third-order valence-electron chi connectivity index (χ3n) is 3.35. The van der Waals surface area contributed by atoms with Gasteiger partial charge in [-0.15, -0.1) is 0 Å². The summed E-state index contributed by atoms with van der Waals surface area (Å²) < 4.78 is 1.61. The highest BCUT2D eigenvalue weighted by Crippen LogP contribution is 2.23. The Morgan fingerprint density at radius 3 is 2.61 bits per heavy atom. The standard InChI is InChI=1S/C15H13NO2/c17-14-8-4-7-13-12(14)9-10-16(13)15(18)11-5-2-1-3-6-11/h1-3,5-6,9-10H,4,7-8H2. The summed E-state index contributed by atoms with van der Waals surface area (Å²) in [4.78, 5) is 24.1. The predicted octanol–water partition coefficient (Wildman–Crippen LogP) is 2.70. The molecule has 0 unspecified atom stereocenters. The van der Waals surface area contributed by atoms with Crippen LogP contribution in [0.1, 0.15) is 39.3 Å². The molecule has 1 aromatic heterocycles. The van der Waals surface area contributed by atoms with E-state index in [9.17, 15) is 9.59 Å². The zero-order valence-corrected chi connectivity index (χ0v) is 9.93. The van der Waals surface area contributed by atoms with Gasteiger partial charge in [0.25, 0.3) is 5.91 Å². The lowest BCUT2D eigenvalue weighted by Gasteiger charge is -2.13. The van der Waals surface area contributed by atoms with Crippen LogP contribution in [0.5, 0.6) is 0 Å². The summed E-state index contributed by atoms with van der Waals surface area (Å²) >= 11 is 0. The van der Waals surface area contributed by atoms with Gasteiger partial charge in [0.2, 0.25) is 0 Å². The maximum Gasteiger partial charge on any atom is 0.262 e. The number of fused-ring (bicyclic) bond motifs is 1. The zero-order chi connectivity index (χ0) is 12.5. The Bertz CT molecular complexity index is 611. The molecule has 1 aliphatic rings. The van der Waals surface area contributed by atoms with E-state index in [1.165, 1.54) is 0 Å². The first-order valence-electron chi connectivity index (χ1n) is 6.10. The van der Waals surface area contributed by atoms with E-state index in [2.05, 4.69) is 0 Å². The summed E-state index contributed by atoms with van der Waals surface area (Å²) in [6.45, 7) is 0. The first-order valence-corrected chi connectivity index (χ1v) is 6.10. The number of Topliss-reactive ketones (excluding diaryl/α,β-unsaturated/α-hetero) is 1. The lowest BCUT2D eigenvalue weighted by molar-refractivity contribution is 0.0953. The summed E-state index contributed by atoms with van der Waals surface area (Å²) in [5.41, 5.74) is 2.22. The topological polar surface area (TPSA) is 39.1 Å². The predicted molar refractivity (Wildman–Crippen MR) is 67.9 cm³/mol. The van der Waals surface area contributed by atoms with E-state index >= 15 is 0 Å². The molecule has 3 nitrogen and oxygen atoms in total. The molecule has 0 aliphatic heterocycles. The molecule has 18 heavy (non-hydrogen) atoms. The number of benzene rings is 1. The third kappa shape index (κ3) is 1.68. The van der Waals surface area contributed by atoms with E-state index in [0.717, 1.165) is 18.5 Å². The van der Waals surface area contributed by atoms with Gasteiger partial charge in [-0.25, -0.2) is 0 Å². The SMILES string of the molecule is O=C1CCCc2c1ccn2C(=O)c1ccccc1. The van der Waals surface area contributed by atoms with Gasteiger partial charge in [0.15, 0.2) is 5.78 Å². The van der Waals surface area contributed by atoms with Gasteiger partial charge in [0.1, 0.15) is 0 Å². The van der Waals surface area contributed by atoms with Crippen molar-refractivity contribution in [3.05, 3.63) is 59.4 Å². The average Bonchev–Trinajstić information content (AvgIpc) is 2.84. The minimum Gasteiger partial charge on any atom is -0.294 e. The maximum absolute atomic E-state index is 12.3. The minimum absolute atomic E-state index is 0.0634. The second-order valence-electron chi connectivity index (χ2n) is 4.49. The first-order chi connectivity index (χ1) is 8.77. The van der Waals surface area contributed by atoms with Crippen LogP contribution in [0.3, 0.4) is 0 Å². The van der Waals surface area contributed by atoms with E-state index in [1.807, 2.05) is 18.2 Å². The molecule has 0 bridgehead atoms. The largest absolute Gasteiger partial charge is 0.294 e. The van der Waals surface area contributed by atoms with E-state index in [-0.39, 0.29) is 11.7 Å². The molecule has 0 fully saturated rings. The molecule has 2 aromatic rings. The highest BCUT2D eigenvalue weighted by molar-refractivity contribution is 6.02. The molecular weight excluding hydrogens is 226 g/mol. The molecule has 3 heteroatoms. The van der Waals surface area contributed by atoms with Crippen LogP contribution in [0.25, 0.3) is 0 Å². The Morgan fingerprint density at radius 1 is 1.06 bits per heavy atom. The van der Waals surface area contributed by atoms with Crippen molar-refractivity contribution in [3.8, 4) is 0 Å². The van der Waals surface area contributed by atoms with Gasteiger partial charge in [-0.3, -0.25) is 14.2 Å². The monoisotopic (exact) mass is 239 g/mol. The van der Waals surface area contributed by atoms with Crippen molar-refractivity contribution >= 4 is 11.7 Å². The molecule has 0 N–H and O–H groups in total. The number of carbonyl (C=O) groups excluding carboxylic acids is 2. The number of aromatic nitrogens is 1. The Kier molecular flexibility index (Phi) is 2.59. The molecule has 0 saturated carbocycles. The number of nitrogens with zero attached hydrogens (tertiary/aromatic N) is 1. The van der Waals surface area contributed by atoms with Crippen molar-refractivity contribution < 1.29 is 9.59 Å². The number of hydrogen-bond acceptors (Lipinski definition) is 2. The van der Waals surface area contributed by atoms with Gasteiger partial charge in [-0.2, -0.15) is 0 Å². The molecule has 0 atom stereocenters. The van der Waals surface area contributed by atoms with Crippen molar-refractivity contribution in [2.75, 3.05) is 0 Å². The molecule has 0 radical (unpaired) electrons. The van der Waals surface area contributed by atoms with Gasteiger partial charge in [0, 0.05) is 29.4 Å². The van der Waals surface area contributed by atoms with Crippen LogP contribution >= 0.6 is 0 Å². The fourth-order valence-electron chi connectivity index (χ4n) is 2.44. The lowest BCUT2D eigenvalue weighted by atomic mass is 9.97. The van der Waals surface area contributed by atoms with E-state index in [1.54, 1.807) is 29.0 Å². The zero-order valence-electron chi connectivity index (χ0n) is 9.93.